The van der Waals surface area contributed by atoms with Crippen molar-refractivity contribution in [3.8, 4) is 0 Å². The Morgan fingerprint density at radius 1 is 1.44 bits per heavy atom. The second-order valence-corrected chi connectivity index (χ2v) is 5.41. The first kappa shape index (κ1) is 11.9. The summed E-state index contributed by atoms with van der Waals surface area (Å²) in [4.78, 5) is 12.1. The Morgan fingerprint density at radius 3 is 2.89 bits per heavy atom. The SMILES string of the molecule is O=C(Nc1ccc(F)cc1Cl)C1CC2CCC1N2. The molecular weight excluding hydrogens is 255 g/mol. The lowest BCUT2D eigenvalue weighted by Gasteiger charge is -2.19. The number of amides is 1. The lowest BCUT2D eigenvalue weighted by molar-refractivity contribution is -0.120. The van der Waals surface area contributed by atoms with Crippen LogP contribution in [-0.4, -0.2) is 18.0 Å². The summed E-state index contributed by atoms with van der Waals surface area (Å²) in [5.74, 6) is -0.423. The van der Waals surface area contributed by atoms with Crippen LogP contribution in [0.1, 0.15) is 19.3 Å². The summed E-state index contributed by atoms with van der Waals surface area (Å²) >= 11 is 5.89. The number of halogens is 2. The minimum atomic E-state index is -0.403. The maximum atomic E-state index is 12.9. The van der Waals surface area contributed by atoms with E-state index < -0.39 is 5.82 Å². The molecule has 2 N–H and O–H groups in total. The molecule has 1 amide bonds. The number of carbonyl (C=O) groups is 1. The number of carbonyl (C=O) groups excluding carboxylic acids is 1. The number of fused-ring (bicyclic) bond motifs is 2. The van der Waals surface area contributed by atoms with Gasteiger partial charge in [-0.2, -0.15) is 0 Å². The van der Waals surface area contributed by atoms with Crippen molar-refractivity contribution in [1.29, 1.82) is 0 Å². The topological polar surface area (TPSA) is 41.1 Å². The lowest BCUT2D eigenvalue weighted by atomic mass is 9.88. The fourth-order valence-electron chi connectivity index (χ4n) is 2.93. The van der Waals surface area contributed by atoms with Gasteiger partial charge < -0.3 is 10.6 Å². The monoisotopic (exact) mass is 268 g/mol. The Kier molecular flexibility index (Phi) is 2.99. The van der Waals surface area contributed by atoms with E-state index in [9.17, 15) is 9.18 Å². The van der Waals surface area contributed by atoms with Crippen LogP contribution in [0.25, 0.3) is 0 Å². The Hall–Kier alpha value is -1.13. The van der Waals surface area contributed by atoms with Gasteiger partial charge in [-0.05, 0) is 37.5 Å². The Balaban J connectivity index is 1.71. The molecule has 2 saturated heterocycles. The highest BCUT2D eigenvalue weighted by molar-refractivity contribution is 6.33. The van der Waals surface area contributed by atoms with Gasteiger partial charge in [0.25, 0.3) is 0 Å². The molecule has 2 fully saturated rings. The molecule has 96 valence electrons. The highest BCUT2D eigenvalue weighted by Crippen LogP contribution is 2.34. The predicted molar refractivity (Wildman–Crippen MR) is 68.1 cm³/mol. The van der Waals surface area contributed by atoms with Crippen molar-refractivity contribution in [2.24, 2.45) is 5.92 Å². The van der Waals surface area contributed by atoms with E-state index in [0.717, 1.165) is 19.3 Å². The zero-order chi connectivity index (χ0) is 12.7. The molecule has 1 aromatic rings. The number of nitrogens with one attached hydrogen (secondary N) is 2. The van der Waals surface area contributed by atoms with E-state index in [-0.39, 0.29) is 22.9 Å². The fourth-order valence-corrected chi connectivity index (χ4v) is 3.14. The molecule has 3 unspecified atom stereocenters. The molecule has 2 bridgehead atoms. The summed E-state index contributed by atoms with van der Waals surface area (Å²) in [7, 11) is 0. The number of hydrogen-bond donors (Lipinski definition) is 2. The first-order valence-corrected chi connectivity index (χ1v) is 6.53. The number of anilines is 1. The Labute approximate surface area is 110 Å². The van der Waals surface area contributed by atoms with Crippen molar-refractivity contribution in [1.82, 2.24) is 5.32 Å². The summed E-state index contributed by atoms with van der Waals surface area (Å²) in [5.41, 5.74) is 0.478. The molecule has 18 heavy (non-hydrogen) atoms. The van der Waals surface area contributed by atoms with Crippen LogP contribution in [0.15, 0.2) is 18.2 Å². The van der Waals surface area contributed by atoms with E-state index in [1.807, 2.05) is 0 Å². The average Bonchev–Trinajstić information content (AvgIpc) is 2.94. The molecule has 3 rings (SSSR count). The van der Waals surface area contributed by atoms with E-state index >= 15 is 0 Å². The van der Waals surface area contributed by atoms with E-state index in [0.29, 0.717) is 11.7 Å². The highest BCUT2D eigenvalue weighted by atomic mass is 35.5. The van der Waals surface area contributed by atoms with Crippen molar-refractivity contribution >= 4 is 23.2 Å². The van der Waals surface area contributed by atoms with Gasteiger partial charge in [-0.25, -0.2) is 4.39 Å². The Bertz CT molecular complexity index is 494. The second-order valence-electron chi connectivity index (χ2n) is 5.00. The average molecular weight is 269 g/mol. The molecule has 0 saturated carbocycles. The van der Waals surface area contributed by atoms with Crippen molar-refractivity contribution in [2.75, 3.05) is 5.32 Å². The number of benzene rings is 1. The van der Waals surface area contributed by atoms with Gasteiger partial charge in [-0.15, -0.1) is 0 Å². The van der Waals surface area contributed by atoms with Gasteiger partial charge >= 0.3 is 0 Å². The lowest BCUT2D eigenvalue weighted by Crippen LogP contribution is -2.32. The van der Waals surface area contributed by atoms with Gasteiger partial charge in [0.2, 0.25) is 5.91 Å². The smallest absolute Gasteiger partial charge is 0.229 e. The summed E-state index contributed by atoms with van der Waals surface area (Å²) < 4.78 is 12.9. The first-order valence-electron chi connectivity index (χ1n) is 6.15. The molecule has 3 nitrogen and oxygen atoms in total. The van der Waals surface area contributed by atoms with Gasteiger partial charge in [0, 0.05) is 12.1 Å². The normalized spacial score (nSPS) is 29.6. The molecule has 3 atom stereocenters. The van der Waals surface area contributed by atoms with Gasteiger partial charge in [0.15, 0.2) is 0 Å². The molecule has 0 aliphatic carbocycles. The van der Waals surface area contributed by atoms with Gasteiger partial charge in [0.05, 0.1) is 16.6 Å². The van der Waals surface area contributed by atoms with Crippen molar-refractivity contribution in [3.05, 3.63) is 29.0 Å². The molecule has 5 heteroatoms. The van der Waals surface area contributed by atoms with Crippen LogP contribution in [0.4, 0.5) is 10.1 Å². The van der Waals surface area contributed by atoms with Crippen LogP contribution in [0.3, 0.4) is 0 Å². The van der Waals surface area contributed by atoms with E-state index in [1.165, 1.54) is 18.2 Å². The molecule has 2 aliphatic heterocycles. The molecule has 2 heterocycles. The summed E-state index contributed by atoms with van der Waals surface area (Å²) in [5, 5.41) is 6.44. The quantitative estimate of drug-likeness (QED) is 0.866. The maximum absolute atomic E-state index is 12.9. The maximum Gasteiger partial charge on any atom is 0.229 e. The third-order valence-electron chi connectivity index (χ3n) is 3.83. The third-order valence-corrected chi connectivity index (χ3v) is 4.14. The van der Waals surface area contributed by atoms with Gasteiger partial charge in [-0.3, -0.25) is 4.79 Å². The zero-order valence-corrected chi connectivity index (χ0v) is 10.5. The molecule has 1 aromatic carbocycles. The summed E-state index contributed by atoms with van der Waals surface area (Å²) in [6.07, 6.45) is 3.10. The molecule has 0 spiro atoms. The van der Waals surface area contributed by atoms with E-state index in [1.54, 1.807) is 0 Å². The van der Waals surface area contributed by atoms with Crippen LogP contribution in [0, 0.1) is 11.7 Å². The van der Waals surface area contributed by atoms with Crippen molar-refractivity contribution < 1.29 is 9.18 Å². The van der Waals surface area contributed by atoms with Crippen LogP contribution in [-0.2, 0) is 4.79 Å². The highest BCUT2D eigenvalue weighted by Gasteiger charge is 2.42. The molecule has 0 radical (unpaired) electrons. The largest absolute Gasteiger partial charge is 0.324 e. The second kappa shape index (κ2) is 4.52. The van der Waals surface area contributed by atoms with E-state index in [2.05, 4.69) is 10.6 Å². The minimum Gasteiger partial charge on any atom is -0.324 e. The van der Waals surface area contributed by atoms with Crippen LogP contribution in [0.2, 0.25) is 5.02 Å². The van der Waals surface area contributed by atoms with Crippen LogP contribution in [0.5, 0.6) is 0 Å². The molecule has 0 aromatic heterocycles. The van der Waals surface area contributed by atoms with Gasteiger partial charge in [-0.1, -0.05) is 11.6 Å². The first-order chi connectivity index (χ1) is 8.63. The third kappa shape index (κ3) is 2.10. The fraction of sp³-hybridized carbons (Fsp3) is 0.462. The van der Waals surface area contributed by atoms with Crippen molar-refractivity contribution in [2.45, 2.75) is 31.3 Å². The van der Waals surface area contributed by atoms with Gasteiger partial charge in [0.1, 0.15) is 5.82 Å². The van der Waals surface area contributed by atoms with Crippen LogP contribution >= 0.6 is 11.6 Å². The van der Waals surface area contributed by atoms with Crippen LogP contribution < -0.4 is 10.6 Å². The summed E-state index contributed by atoms with van der Waals surface area (Å²) in [6.45, 7) is 0. The van der Waals surface area contributed by atoms with Crippen molar-refractivity contribution in [3.63, 3.8) is 0 Å². The zero-order valence-electron chi connectivity index (χ0n) is 9.75. The summed E-state index contributed by atoms with van der Waals surface area (Å²) in [6, 6.07) is 4.76. The predicted octanol–water partition coefficient (Wildman–Crippen LogP) is 2.56. The molecule has 2 aliphatic rings. The minimum absolute atomic E-state index is 0.00451. The van der Waals surface area contributed by atoms with E-state index in [4.69, 9.17) is 11.6 Å². The number of hydrogen-bond acceptors (Lipinski definition) is 2. The Morgan fingerprint density at radius 2 is 2.28 bits per heavy atom. The standard InChI is InChI=1S/C13H14ClFN2O/c14-10-5-7(15)1-3-12(10)17-13(18)9-6-8-2-4-11(9)16-8/h1,3,5,8-9,11,16H,2,4,6H2,(H,17,18). The molecular formula is C13H14ClFN2O. The number of rotatable bonds is 2.